The van der Waals surface area contributed by atoms with Gasteiger partial charge < -0.3 is 20.2 Å². The maximum atomic E-state index is 9.31. The van der Waals surface area contributed by atoms with Gasteiger partial charge in [0.15, 0.2) is 6.19 Å². The number of thioether (sulfide) groups is 1. The van der Waals surface area contributed by atoms with Gasteiger partial charge in [0.2, 0.25) is 5.96 Å². The molecule has 0 aliphatic carbocycles. The maximum Gasteiger partial charge on any atom is 0.205 e. The summed E-state index contributed by atoms with van der Waals surface area (Å²) in [6.07, 6.45) is 5.71. The number of benzene rings is 2. The van der Waals surface area contributed by atoms with Crippen LogP contribution in [-0.4, -0.2) is 29.9 Å². The zero-order valence-corrected chi connectivity index (χ0v) is 19.7. The fourth-order valence-electron chi connectivity index (χ4n) is 3.05. The molecule has 3 aromatic rings. The summed E-state index contributed by atoms with van der Waals surface area (Å²) >= 11 is 1.75. The smallest absolute Gasteiger partial charge is 0.205 e. The lowest BCUT2D eigenvalue weighted by atomic mass is 10.2. The summed E-state index contributed by atoms with van der Waals surface area (Å²) < 4.78 is 5.89. The van der Waals surface area contributed by atoms with Gasteiger partial charge in [-0.05, 0) is 35.4 Å². The SMILES string of the molecule is N#CNC(=NCC=Cc1ccc(O)cc1)NCCSCc1ccc(CNCc2ccccc2)o1. The second-order valence-corrected chi connectivity index (χ2v) is 8.46. The Morgan fingerprint density at radius 1 is 1.03 bits per heavy atom. The highest BCUT2D eigenvalue weighted by Crippen LogP contribution is 2.15. The third-order valence-electron chi connectivity index (χ3n) is 4.70. The van der Waals surface area contributed by atoms with E-state index in [-0.39, 0.29) is 5.75 Å². The molecule has 0 aliphatic heterocycles. The quantitative estimate of drug-likeness (QED) is 0.102. The number of hydrogen-bond donors (Lipinski definition) is 4. The summed E-state index contributed by atoms with van der Waals surface area (Å²) in [7, 11) is 0. The standard InChI is InChI=1S/C26H29N5O2S/c27-20-31-26(29-14-4-7-21-8-10-23(32)11-9-21)30-15-16-34-19-25-13-12-24(33-25)18-28-17-22-5-2-1-3-6-22/h1-13,28,32H,14-19H2,(H2,29,30,31). The Labute approximate surface area is 204 Å². The Balaban J connectivity index is 1.31. The van der Waals surface area contributed by atoms with Crippen LogP contribution in [0.3, 0.4) is 0 Å². The van der Waals surface area contributed by atoms with Crippen LogP contribution < -0.4 is 16.0 Å². The van der Waals surface area contributed by atoms with Gasteiger partial charge in [0.1, 0.15) is 17.3 Å². The van der Waals surface area contributed by atoms with Gasteiger partial charge in [-0.2, -0.15) is 17.0 Å². The highest BCUT2D eigenvalue weighted by Gasteiger charge is 2.03. The Kier molecular flexibility index (Phi) is 10.6. The number of phenolic OH excluding ortho intramolecular Hbond substituents is 1. The molecule has 2 aromatic carbocycles. The van der Waals surface area contributed by atoms with Crippen LogP contribution in [0.1, 0.15) is 22.6 Å². The van der Waals surface area contributed by atoms with Gasteiger partial charge in [-0.25, -0.2) is 4.99 Å². The van der Waals surface area contributed by atoms with Crippen LogP contribution in [0.2, 0.25) is 0 Å². The van der Waals surface area contributed by atoms with Crippen LogP contribution in [0.15, 0.2) is 82.2 Å². The molecule has 4 N–H and O–H groups in total. The molecule has 0 unspecified atom stereocenters. The van der Waals surface area contributed by atoms with E-state index in [1.165, 1.54) is 5.56 Å². The predicted octanol–water partition coefficient (Wildman–Crippen LogP) is 4.24. The molecule has 1 aromatic heterocycles. The van der Waals surface area contributed by atoms with Gasteiger partial charge in [-0.1, -0.05) is 54.6 Å². The third-order valence-corrected chi connectivity index (χ3v) is 5.69. The molecule has 0 spiro atoms. The molecule has 7 nitrogen and oxygen atoms in total. The van der Waals surface area contributed by atoms with Crippen molar-refractivity contribution >= 4 is 23.8 Å². The molecule has 0 aliphatic rings. The highest BCUT2D eigenvalue weighted by molar-refractivity contribution is 7.98. The topological polar surface area (TPSA) is 106 Å². The second-order valence-electron chi connectivity index (χ2n) is 7.36. The van der Waals surface area contributed by atoms with Crippen molar-refractivity contribution in [1.29, 1.82) is 5.26 Å². The van der Waals surface area contributed by atoms with Gasteiger partial charge in [0, 0.05) is 18.8 Å². The zero-order valence-electron chi connectivity index (χ0n) is 18.9. The Morgan fingerprint density at radius 2 is 1.82 bits per heavy atom. The van der Waals surface area contributed by atoms with Gasteiger partial charge in [-0.3, -0.25) is 5.32 Å². The van der Waals surface area contributed by atoms with E-state index in [0.29, 0.717) is 25.6 Å². The average molecular weight is 476 g/mol. The minimum Gasteiger partial charge on any atom is -0.508 e. The molecule has 0 radical (unpaired) electrons. The second kappa shape index (κ2) is 14.5. The summed E-state index contributed by atoms with van der Waals surface area (Å²) in [5, 5.41) is 27.4. The molecule has 176 valence electrons. The molecule has 1 heterocycles. The molecule has 0 atom stereocenters. The van der Waals surface area contributed by atoms with Crippen molar-refractivity contribution in [3.63, 3.8) is 0 Å². The normalized spacial score (nSPS) is 11.4. The van der Waals surface area contributed by atoms with Gasteiger partial charge >= 0.3 is 0 Å². The van der Waals surface area contributed by atoms with E-state index in [4.69, 9.17) is 9.68 Å². The summed E-state index contributed by atoms with van der Waals surface area (Å²) in [4.78, 5) is 4.36. The molecule has 0 saturated carbocycles. The number of nitrogens with one attached hydrogen (secondary N) is 3. The number of nitrogens with zero attached hydrogens (tertiary/aromatic N) is 2. The van der Waals surface area contributed by atoms with E-state index in [1.54, 1.807) is 23.9 Å². The Hall–Kier alpha value is -3.67. The van der Waals surface area contributed by atoms with Crippen molar-refractivity contribution in [3.8, 4) is 11.9 Å². The van der Waals surface area contributed by atoms with Crippen molar-refractivity contribution < 1.29 is 9.52 Å². The van der Waals surface area contributed by atoms with Crippen molar-refractivity contribution in [2.24, 2.45) is 4.99 Å². The van der Waals surface area contributed by atoms with Crippen molar-refractivity contribution in [2.75, 3.05) is 18.8 Å². The monoisotopic (exact) mass is 475 g/mol. The summed E-state index contributed by atoms with van der Waals surface area (Å²) in [5.74, 6) is 4.19. The molecule has 0 fully saturated rings. The fraction of sp³-hybridized carbons (Fsp3) is 0.231. The van der Waals surface area contributed by atoms with E-state index in [0.717, 1.165) is 35.1 Å². The number of guanidine groups is 1. The molecule has 0 amide bonds. The lowest BCUT2D eigenvalue weighted by molar-refractivity contribution is 0.459. The van der Waals surface area contributed by atoms with Crippen LogP contribution in [0.5, 0.6) is 5.75 Å². The van der Waals surface area contributed by atoms with Crippen LogP contribution >= 0.6 is 11.8 Å². The minimum absolute atomic E-state index is 0.237. The molecule has 34 heavy (non-hydrogen) atoms. The first-order valence-electron chi connectivity index (χ1n) is 11.0. The molecule has 3 rings (SSSR count). The van der Waals surface area contributed by atoms with Crippen LogP contribution in [0.4, 0.5) is 0 Å². The van der Waals surface area contributed by atoms with Crippen LogP contribution in [0.25, 0.3) is 6.08 Å². The first-order chi connectivity index (χ1) is 16.7. The van der Waals surface area contributed by atoms with Crippen LogP contribution in [-0.2, 0) is 18.8 Å². The Morgan fingerprint density at radius 3 is 2.62 bits per heavy atom. The van der Waals surface area contributed by atoms with Gasteiger partial charge in [0.05, 0.1) is 18.8 Å². The zero-order chi connectivity index (χ0) is 23.8. The largest absolute Gasteiger partial charge is 0.508 e. The lowest BCUT2D eigenvalue weighted by Crippen LogP contribution is -2.36. The predicted molar refractivity (Wildman–Crippen MR) is 138 cm³/mol. The van der Waals surface area contributed by atoms with Crippen LogP contribution in [0, 0.1) is 11.5 Å². The van der Waals surface area contributed by atoms with Gasteiger partial charge in [-0.15, -0.1) is 0 Å². The summed E-state index contributed by atoms with van der Waals surface area (Å²) in [6, 6.07) is 21.2. The van der Waals surface area contributed by atoms with E-state index in [2.05, 4.69) is 33.1 Å². The highest BCUT2D eigenvalue weighted by atomic mass is 32.2. The number of nitriles is 1. The number of furan rings is 1. The lowest BCUT2D eigenvalue weighted by Gasteiger charge is -2.07. The van der Waals surface area contributed by atoms with Gasteiger partial charge in [0.25, 0.3) is 0 Å². The van der Waals surface area contributed by atoms with E-state index in [9.17, 15) is 5.11 Å². The number of aromatic hydroxyl groups is 1. The van der Waals surface area contributed by atoms with E-state index >= 15 is 0 Å². The van der Waals surface area contributed by atoms with Crippen molar-refractivity contribution in [3.05, 3.63) is 95.5 Å². The first kappa shape index (κ1) is 25.0. The molecular weight excluding hydrogens is 446 g/mol. The molecular formula is C26H29N5O2S. The van der Waals surface area contributed by atoms with Crippen molar-refractivity contribution in [1.82, 2.24) is 16.0 Å². The van der Waals surface area contributed by atoms with E-state index in [1.807, 2.05) is 60.8 Å². The maximum absolute atomic E-state index is 9.31. The van der Waals surface area contributed by atoms with E-state index < -0.39 is 0 Å². The number of hydrogen-bond acceptors (Lipinski definition) is 6. The minimum atomic E-state index is 0.237. The molecule has 0 saturated heterocycles. The number of aliphatic imine (C=N–C) groups is 1. The van der Waals surface area contributed by atoms with Crippen molar-refractivity contribution in [2.45, 2.75) is 18.8 Å². The number of rotatable bonds is 12. The Bertz CT molecular complexity index is 1090. The summed E-state index contributed by atoms with van der Waals surface area (Å²) in [6.45, 7) is 2.61. The molecule has 0 bridgehead atoms. The molecule has 8 heteroatoms. The first-order valence-corrected chi connectivity index (χ1v) is 12.2. The fourth-order valence-corrected chi connectivity index (χ4v) is 3.79. The average Bonchev–Trinajstić information content (AvgIpc) is 3.31. The number of phenols is 1. The summed E-state index contributed by atoms with van der Waals surface area (Å²) in [5.41, 5.74) is 2.22. The third kappa shape index (κ3) is 9.45.